The van der Waals surface area contributed by atoms with Gasteiger partial charge in [-0.15, -0.1) is 0 Å². The molecule has 3 rings (SSSR count). The van der Waals surface area contributed by atoms with Crippen molar-refractivity contribution in [2.45, 2.75) is 25.7 Å². The number of likely N-dealkylation sites (tertiary alicyclic amines) is 1. The lowest BCUT2D eigenvalue weighted by Gasteiger charge is -2.32. The third-order valence-corrected chi connectivity index (χ3v) is 5.27. The van der Waals surface area contributed by atoms with Crippen LogP contribution < -0.4 is 10.6 Å². The van der Waals surface area contributed by atoms with Gasteiger partial charge in [-0.3, -0.25) is 0 Å². The number of benzene rings is 2. The van der Waals surface area contributed by atoms with Crippen LogP contribution in [0, 0.1) is 23.4 Å². The van der Waals surface area contributed by atoms with Crippen molar-refractivity contribution in [2.75, 3.05) is 31.5 Å². The second-order valence-electron chi connectivity index (χ2n) is 7.47. The number of hydrogen-bond acceptors (Lipinski definition) is 2. The quantitative estimate of drug-likeness (QED) is 0.663. The van der Waals surface area contributed by atoms with Crippen LogP contribution in [0.5, 0.6) is 0 Å². The molecule has 2 amide bonds. The standard InChI is InChI=1S/C22H26F3N3O/c23-18-4-6-20(7-5-18)27-22(29)26-10-1-11-28-12-8-16(9-13-28)14-17-2-3-19(24)15-21(17)25/h2-7,15-16H,1,8-14H2,(H2,26,27,29). The SMILES string of the molecule is O=C(NCCCN1CCC(Cc2ccc(F)cc2F)CC1)Nc1ccc(F)cc1. The Labute approximate surface area is 169 Å². The first kappa shape index (κ1) is 21.2. The maximum absolute atomic E-state index is 13.8. The zero-order chi connectivity index (χ0) is 20.6. The molecule has 156 valence electrons. The van der Waals surface area contributed by atoms with Crippen molar-refractivity contribution in [1.82, 2.24) is 10.2 Å². The van der Waals surface area contributed by atoms with Crippen molar-refractivity contribution in [1.29, 1.82) is 0 Å². The Balaban J connectivity index is 1.30. The van der Waals surface area contributed by atoms with Crippen LogP contribution in [0.2, 0.25) is 0 Å². The molecule has 0 saturated carbocycles. The second-order valence-corrected chi connectivity index (χ2v) is 7.47. The first-order valence-electron chi connectivity index (χ1n) is 9.96. The molecule has 0 unspecified atom stereocenters. The summed E-state index contributed by atoms with van der Waals surface area (Å²) < 4.78 is 39.7. The van der Waals surface area contributed by atoms with E-state index in [4.69, 9.17) is 0 Å². The zero-order valence-electron chi connectivity index (χ0n) is 16.3. The van der Waals surface area contributed by atoms with Crippen molar-refractivity contribution in [3.63, 3.8) is 0 Å². The average molecular weight is 405 g/mol. The van der Waals surface area contributed by atoms with Gasteiger partial charge in [0.1, 0.15) is 17.5 Å². The van der Waals surface area contributed by atoms with Crippen LogP contribution in [0.3, 0.4) is 0 Å². The van der Waals surface area contributed by atoms with Crippen LogP contribution in [0.4, 0.5) is 23.7 Å². The Kier molecular flexibility index (Phi) is 7.52. The summed E-state index contributed by atoms with van der Waals surface area (Å²) in [7, 11) is 0. The predicted octanol–water partition coefficient (Wildman–Crippen LogP) is 4.57. The van der Waals surface area contributed by atoms with Crippen LogP contribution in [-0.2, 0) is 6.42 Å². The second kappa shape index (κ2) is 10.3. The van der Waals surface area contributed by atoms with E-state index in [9.17, 15) is 18.0 Å². The number of nitrogens with zero attached hydrogens (tertiary/aromatic N) is 1. The highest BCUT2D eigenvalue weighted by molar-refractivity contribution is 5.89. The summed E-state index contributed by atoms with van der Waals surface area (Å²) in [6, 6.07) is 9.11. The number of anilines is 1. The summed E-state index contributed by atoms with van der Waals surface area (Å²) in [4.78, 5) is 14.2. The Hall–Kier alpha value is -2.54. The van der Waals surface area contributed by atoms with Crippen LogP contribution in [0.25, 0.3) is 0 Å². The van der Waals surface area contributed by atoms with Gasteiger partial charge in [0.05, 0.1) is 0 Å². The lowest BCUT2D eigenvalue weighted by Crippen LogP contribution is -2.37. The monoisotopic (exact) mass is 405 g/mol. The highest BCUT2D eigenvalue weighted by atomic mass is 19.1. The number of rotatable bonds is 7. The topological polar surface area (TPSA) is 44.4 Å². The van der Waals surface area contributed by atoms with Gasteiger partial charge in [0.2, 0.25) is 0 Å². The number of piperidine rings is 1. The van der Waals surface area contributed by atoms with Crippen LogP contribution >= 0.6 is 0 Å². The summed E-state index contributed by atoms with van der Waals surface area (Å²) >= 11 is 0. The van der Waals surface area contributed by atoms with E-state index < -0.39 is 11.6 Å². The number of amides is 2. The minimum atomic E-state index is -0.541. The fraction of sp³-hybridized carbons (Fsp3) is 0.409. The van der Waals surface area contributed by atoms with E-state index in [1.165, 1.54) is 30.3 Å². The van der Waals surface area contributed by atoms with Crippen molar-refractivity contribution in [3.8, 4) is 0 Å². The third kappa shape index (κ3) is 6.78. The number of halogens is 3. The molecular weight excluding hydrogens is 379 g/mol. The normalized spacial score (nSPS) is 15.3. The molecule has 0 atom stereocenters. The van der Waals surface area contributed by atoms with E-state index in [0.29, 0.717) is 30.1 Å². The van der Waals surface area contributed by atoms with Crippen molar-refractivity contribution >= 4 is 11.7 Å². The van der Waals surface area contributed by atoms with Crippen molar-refractivity contribution in [2.24, 2.45) is 5.92 Å². The Bertz CT molecular complexity index is 805. The molecule has 0 aliphatic carbocycles. The molecule has 1 fully saturated rings. The molecule has 29 heavy (non-hydrogen) atoms. The van der Waals surface area contributed by atoms with Crippen molar-refractivity contribution < 1.29 is 18.0 Å². The van der Waals surface area contributed by atoms with Gasteiger partial charge in [-0.25, -0.2) is 18.0 Å². The number of carbonyl (C=O) groups is 1. The van der Waals surface area contributed by atoms with Gasteiger partial charge in [-0.1, -0.05) is 6.07 Å². The Morgan fingerprint density at radius 1 is 1.00 bits per heavy atom. The van der Waals surface area contributed by atoms with Gasteiger partial charge in [0.15, 0.2) is 0 Å². The van der Waals surface area contributed by atoms with E-state index in [0.717, 1.165) is 45.0 Å². The number of nitrogens with one attached hydrogen (secondary N) is 2. The van der Waals surface area contributed by atoms with Gasteiger partial charge >= 0.3 is 6.03 Å². The molecular formula is C22H26F3N3O. The molecule has 1 heterocycles. The van der Waals surface area contributed by atoms with E-state index in [2.05, 4.69) is 15.5 Å². The molecule has 4 nitrogen and oxygen atoms in total. The highest BCUT2D eigenvalue weighted by Gasteiger charge is 2.20. The molecule has 0 aromatic heterocycles. The summed E-state index contributed by atoms with van der Waals surface area (Å²) in [5, 5.41) is 5.45. The molecule has 1 saturated heterocycles. The molecule has 0 bridgehead atoms. The lowest BCUT2D eigenvalue weighted by molar-refractivity contribution is 0.181. The van der Waals surface area contributed by atoms with Crippen LogP contribution in [0.1, 0.15) is 24.8 Å². The van der Waals surface area contributed by atoms with Gasteiger partial charge in [0, 0.05) is 18.3 Å². The molecule has 2 aromatic carbocycles. The highest BCUT2D eigenvalue weighted by Crippen LogP contribution is 2.23. The fourth-order valence-corrected chi connectivity index (χ4v) is 3.63. The molecule has 0 radical (unpaired) electrons. The molecule has 2 N–H and O–H groups in total. The molecule has 7 heteroatoms. The fourth-order valence-electron chi connectivity index (χ4n) is 3.63. The van der Waals surface area contributed by atoms with E-state index in [-0.39, 0.29) is 11.8 Å². The predicted molar refractivity (Wildman–Crippen MR) is 107 cm³/mol. The van der Waals surface area contributed by atoms with E-state index >= 15 is 0 Å². The summed E-state index contributed by atoms with van der Waals surface area (Å²) in [6.07, 6.45) is 3.43. The number of carbonyl (C=O) groups excluding carboxylic acids is 1. The van der Waals surface area contributed by atoms with Gasteiger partial charge in [-0.05, 0) is 87.1 Å². The first-order chi connectivity index (χ1) is 14.0. The van der Waals surface area contributed by atoms with Crippen molar-refractivity contribution in [3.05, 3.63) is 65.5 Å². The first-order valence-corrected chi connectivity index (χ1v) is 9.96. The Morgan fingerprint density at radius 3 is 2.38 bits per heavy atom. The lowest BCUT2D eigenvalue weighted by atomic mass is 9.90. The summed E-state index contributed by atoms with van der Waals surface area (Å²) in [6.45, 7) is 3.31. The Morgan fingerprint density at radius 2 is 1.69 bits per heavy atom. The van der Waals surface area contributed by atoms with E-state index in [1.54, 1.807) is 6.07 Å². The summed E-state index contributed by atoms with van der Waals surface area (Å²) in [5.74, 6) is -0.938. The molecule has 0 spiro atoms. The van der Waals surface area contributed by atoms with E-state index in [1.807, 2.05) is 0 Å². The maximum atomic E-state index is 13.8. The number of hydrogen-bond donors (Lipinski definition) is 2. The minimum absolute atomic E-state index is 0.309. The average Bonchev–Trinajstić information content (AvgIpc) is 2.70. The van der Waals surface area contributed by atoms with Gasteiger partial charge in [0.25, 0.3) is 0 Å². The number of urea groups is 1. The van der Waals surface area contributed by atoms with Crippen LogP contribution in [-0.4, -0.2) is 37.1 Å². The zero-order valence-corrected chi connectivity index (χ0v) is 16.3. The van der Waals surface area contributed by atoms with Crippen LogP contribution in [0.15, 0.2) is 42.5 Å². The largest absolute Gasteiger partial charge is 0.338 e. The maximum Gasteiger partial charge on any atom is 0.319 e. The van der Waals surface area contributed by atoms with Gasteiger partial charge in [-0.2, -0.15) is 0 Å². The smallest absolute Gasteiger partial charge is 0.319 e. The molecule has 1 aliphatic heterocycles. The summed E-state index contributed by atoms with van der Waals surface area (Å²) in [5.41, 5.74) is 1.13. The molecule has 1 aliphatic rings. The third-order valence-electron chi connectivity index (χ3n) is 5.27. The minimum Gasteiger partial charge on any atom is -0.338 e. The van der Waals surface area contributed by atoms with Gasteiger partial charge < -0.3 is 15.5 Å². The molecule has 2 aromatic rings.